The Morgan fingerprint density at radius 2 is 2.00 bits per heavy atom. The molecule has 0 aromatic heterocycles. The monoisotopic (exact) mass is 155 g/mol. The second kappa shape index (κ2) is 4.14. The molecule has 0 aliphatic carbocycles. The molecule has 0 aliphatic heterocycles. The van der Waals surface area contributed by atoms with E-state index >= 15 is 0 Å². The van der Waals surface area contributed by atoms with Crippen LogP contribution in [0.15, 0.2) is 0 Å². The van der Waals surface area contributed by atoms with Gasteiger partial charge in [-0.15, -0.1) is 0 Å². The number of ether oxygens (including phenoxy) is 1. The Bertz CT molecular complexity index is 99.6. The van der Waals surface area contributed by atoms with Gasteiger partial charge in [0.2, 0.25) is 0 Å². The van der Waals surface area contributed by atoms with Crippen LogP contribution in [0.1, 0.15) is 12.8 Å². The summed E-state index contributed by atoms with van der Waals surface area (Å²) in [6.07, 6.45) is -5.28. The molecule has 0 N–H and O–H groups in total. The van der Waals surface area contributed by atoms with Crippen LogP contribution in [-0.2, 0) is 9.53 Å². The normalized spacial score (nSPS) is 11.1. The lowest BCUT2D eigenvalue weighted by Gasteiger charge is -2.03. The molecule has 0 spiro atoms. The van der Waals surface area contributed by atoms with Crippen molar-refractivity contribution >= 4 is 6.47 Å². The first kappa shape index (κ1) is 9.26. The Hall–Kier alpha value is -0.740. The van der Waals surface area contributed by atoms with Crippen LogP contribution in [0.25, 0.3) is 0 Å². The Labute approximate surface area is 56.0 Å². The summed E-state index contributed by atoms with van der Waals surface area (Å²) in [5.41, 5.74) is 0. The average molecular weight is 155 g/mol. The fraction of sp³-hybridized carbons (Fsp3) is 0.800. The second-order valence-electron chi connectivity index (χ2n) is 1.65. The predicted octanol–water partition coefficient (Wildman–Crippen LogP) is 1.41. The summed E-state index contributed by atoms with van der Waals surface area (Å²) in [6.45, 7) is 0.817. The van der Waals surface area contributed by atoms with E-state index in [1.807, 2.05) is 0 Å². The largest absolute Gasteiger partial charge is 0.457 e. The van der Waals surface area contributed by atoms with Gasteiger partial charge >= 0.3 is 12.6 Å². The maximum atomic E-state index is 11.3. The smallest absolute Gasteiger partial charge is 0.417 e. The van der Waals surface area contributed by atoms with Gasteiger partial charge in [-0.25, -0.2) is 4.79 Å². The van der Waals surface area contributed by atoms with E-state index in [1.165, 1.54) is 0 Å². The zero-order valence-corrected chi connectivity index (χ0v) is 5.07. The molecular formula is C5H6F3O2. The quantitative estimate of drug-likeness (QED) is 0.574. The van der Waals surface area contributed by atoms with Crippen molar-refractivity contribution in [2.24, 2.45) is 0 Å². The lowest BCUT2D eigenvalue weighted by atomic mass is 10.3. The number of hydrogen-bond donors (Lipinski definition) is 0. The van der Waals surface area contributed by atoms with Gasteiger partial charge in [-0.05, 0) is 6.42 Å². The minimum absolute atomic E-state index is 0.196. The van der Waals surface area contributed by atoms with Gasteiger partial charge in [0.25, 0.3) is 0 Å². The van der Waals surface area contributed by atoms with Crippen molar-refractivity contribution in [2.75, 3.05) is 6.61 Å². The maximum Gasteiger partial charge on any atom is 0.417 e. The number of alkyl halides is 3. The van der Waals surface area contributed by atoms with Crippen molar-refractivity contribution in [1.29, 1.82) is 0 Å². The third-order valence-electron chi connectivity index (χ3n) is 0.766. The van der Waals surface area contributed by atoms with Gasteiger partial charge in [0.05, 0.1) is 6.61 Å². The Balaban J connectivity index is 3.12. The minimum atomic E-state index is -4.16. The summed E-state index contributed by atoms with van der Waals surface area (Å²) in [4.78, 5) is 9.30. The molecule has 5 heteroatoms. The zero-order chi connectivity index (χ0) is 8.04. The fourth-order valence-corrected chi connectivity index (χ4v) is 0.386. The van der Waals surface area contributed by atoms with E-state index in [1.54, 1.807) is 0 Å². The molecule has 0 bridgehead atoms. The van der Waals surface area contributed by atoms with E-state index in [-0.39, 0.29) is 13.0 Å². The molecule has 0 unspecified atom stereocenters. The van der Waals surface area contributed by atoms with Gasteiger partial charge in [0, 0.05) is 6.42 Å². The summed E-state index contributed by atoms with van der Waals surface area (Å²) in [5.74, 6) is 0. The van der Waals surface area contributed by atoms with Gasteiger partial charge in [-0.2, -0.15) is 13.2 Å². The highest BCUT2D eigenvalue weighted by molar-refractivity contribution is 5.37. The van der Waals surface area contributed by atoms with Crippen LogP contribution in [0.3, 0.4) is 0 Å². The molecule has 0 saturated carbocycles. The molecule has 0 rings (SSSR count). The Morgan fingerprint density at radius 1 is 1.40 bits per heavy atom. The molecule has 0 atom stereocenters. The lowest BCUT2D eigenvalue weighted by Crippen LogP contribution is -2.08. The maximum absolute atomic E-state index is 11.3. The lowest BCUT2D eigenvalue weighted by molar-refractivity contribution is -0.136. The summed E-state index contributed by atoms with van der Waals surface area (Å²) in [5, 5.41) is 0. The van der Waals surface area contributed by atoms with E-state index in [9.17, 15) is 18.0 Å². The van der Waals surface area contributed by atoms with Crippen LogP contribution >= 0.6 is 0 Å². The molecule has 2 nitrogen and oxygen atoms in total. The van der Waals surface area contributed by atoms with Crippen molar-refractivity contribution in [3.63, 3.8) is 0 Å². The standard InChI is InChI=1S/C5H6F3O2/c6-5(7,8)2-1-3-10-4-9/h1-3H2. The Morgan fingerprint density at radius 3 is 2.40 bits per heavy atom. The number of halogens is 3. The molecule has 0 amide bonds. The van der Waals surface area contributed by atoms with Gasteiger partial charge in [-0.1, -0.05) is 0 Å². The third-order valence-corrected chi connectivity index (χ3v) is 0.766. The minimum Gasteiger partial charge on any atom is -0.457 e. The van der Waals surface area contributed by atoms with Crippen LogP contribution in [0.2, 0.25) is 0 Å². The van der Waals surface area contributed by atoms with Gasteiger partial charge < -0.3 is 4.74 Å². The second-order valence-corrected chi connectivity index (χ2v) is 1.65. The van der Waals surface area contributed by atoms with Crippen molar-refractivity contribution < 1.29 is 22.7 Å². The SMILES string of the molecule is O=[C]OCCCC(F)(F)F. The summed E-state index contributed by atoms with van der Waals surface area (Å²) in [7, 11) is 0. The number of rotatable bonds is 4. The first-order valence-corrected chi connectivity index (χ1v) is 2.62. The third kappa shape index (κ3) is 7.26. The van der Waals surface area contributed by atoms with Crippen LogP contribution in [0.4, 0.5) is 13.2 Å². The van der Waals surface area contributed by atoms with Gasteiger partial charge in [0.15, 0.2) is 0 Å². The highest BCUT2D eigenvalue weighted by Gasteiger charge is 2.25. The van der Waals surface area contributed by atoms with Gasteiger partial charge in [0.1, 0.15) is 0 Å². The zero-order valence-electron chi connectivity index (χ0n) is 5.07. The Kier molecular flexibility index (Phi) is 3.83. The molecule has 0 aromatic carbocycles. The summed E-state index contributed by atoms with van der Waals surface area (Å²) in [6, 6.07) is 0. The van der Waals surface area contributed by atoms with E-state index in [4.69, 9.17) is 0 Å². The van der Waals surface area contributed by atoms with E-state index in [0.717, 1.165) is 6.47 Å². The molecular weight excluding hydrogens is 149 g/mol. The van der Waals surface area contributed by atoms with E-state index < -0.39 is 12.6 Å². The highest BCUT2D eigenvalue weighted by Crippen LogP contribution is 2.20. The average Bonchev–Trinajstić information content (AvgIpc) is 1.78. The summed E-state index contributed by atoms with van der Waals surface area (Å²) >= 11 is 0. The number of hydrogen-bond acceptors (Lipinski definition) is 2. The van der Waals surface area contributed by atoms with Crippen molar-refractivity contribution in [3.8, 4) is 0 Å². The predicted molar refractivity (Wildman–Crippen MR) is 26.9 cm³/mol. The molecule has 59 valence electrons. The molecule has 10 heavy (non-hydrogen) atoms. The van der Waals surface area contributed by atoms with Crippen molar-refractivity contribution in [3.05, 3.63) is 0 Å². The van der Waals surface area contributed by atoms with Crippen molar-refractivity contribution in [1.82, 2.24) is 0 Å². The van der Waals surface area contributed by atoms with Crippen molar-refractivity contribution in [2.45, 2.75) is 19.0 Å². The highest BCUT2D eigenvalue weighted by atomic mass is 19.4. The number of carbonyl (C=O) groups excluding carboxylic acids is 1. The van der Waals surface area contributed by atoms with Crippen LogP contribution < -0.4 is 0 Å². The molecule has 0 saturated heterocycles. The van der Waals surface area contributed by atoms with Crippen LogP contribution in [0.5, 0.6) is 0 Å². The molecule has 0 aromatic rings. The first-order chi connectivity index (χ1) is 4.56. The van der Waals surface area contributed by atoms with E-state index in [0.29, 0.717) is 0 Å². The topological polar surface area (TPSA) is 26.3 Å². The molecule has 0 heterocycles. The molecule has 1 radical (unpaired) electrons. The molecule has 0 fully saturated rings. The fourth-order valence-electron chi connectivity index (χ4n) is 0.386. The van der Waals surface area contributed by atoms with E-state index in [2.05, 4.69) is 4.74 Å². The first-order valence-electron chi connectivity index (χ1n) is 2.62. The molecule has 0 aliphatic rings. The van der Waals surface area contributed by atoms with Crippen LogP contribution in [0, 0.1) is 0 Å². The van der Waals surface area contributed by atoms with Gasteiger partial charge in [-0.3, -0.25) is 0 Å². The van der Waals surface area contributed by atoms with Crippen LogP contribution in [-0.4, -0.2) is 19.3 Å². The summed E-state index contributed by atoms with van der Waals surface area (Å²) < 4.78 is 37.9.